The molecular formula is C13H17N5. The maximum Gasteiger partial charge on any atom is 0.199 e. The normalized spacial score (nSPS) is 10.4. The quantitative estimate of drug-likeness (QED) is 0.892. The topological polar surface area (TPSA) is 63.6 Å². The van der Waals surface area contributed by atoms with Gasteiger partial charge in [0.15, 0.2) is 11.6 Å². The smallest absolute Gasteiger partial charge is 0.199 e. The minimum absolute atomic E-state index is 0.558. The van der Waals surface area contributed by atoms with Crippen LogP contribution < -0.4 is 5.32 Å². The van der Waals surface area contributed by atoms with Gasteiger partial charge in [0.05, 0.1) is 0 Å². The van der Waals surface area contributed by atoms with E-state index in [9.17, 15) is 0 Å². The van der Waals surface area contributed by atoms with Gasteiger partial charge in [-0.3, -0.25) is 0 Å². The first-order valence-electron chi connectivity index (χ1n) is 6.15. The molecule has 94 valence electrons. The van der Waals surface area contributed by atoms with Crippen molar-refractivity contribution in [3.05, 3.63) is 29.7 Å². The van der Waals surface area contributed by atoms with E-state index in [4.69, 9.17) is 0 Å². The first kappa shape index (κ1) is 12.4. The molecule has 0 bridgehead atoms. The number of hydrogen-bond donors (Lipinski definition) is 1. The Bertz CT molecular complexity index is 524. The van der Waals surface area contributed by atoms with Crippen molar-refractivity contribution in [1.82, 2.24) is 19.9 Å². The zero-order valence-corrected chi connectivity index (χ0v) is 10.9. The molecule has 0 aliphatic heterocycles. The van der Waals surface area contributed by atoms with Gasteiger partial charge in [-0.1, -0.05) is 6.92 Å². The molecule has 0 aliphatic rings. The Labute approximate surface area is 107 Å². The Morgan fingerprint density at radius 3 is 2.39 bits per heavy atom. The van der Waals surface area contributed by atoms with Crippen LogP contribution in [0.2, 0.25) is 0 Å². The second-order valence-corrected chi connectivity index (χ2v) is 3.92. The average Bonchev–Trinajstić information content (AvgIpc) is 2.40. The Morgan fingerprint density at radius 1 is 1.06 bits per heavy atom. The van der Waals surface area contributed by atoms with Crippen LogP contribution in [0, 0.1) is 6.92 Å². The van der Waals surface area contributed by atoms with E-state index in [1.807, 2.05) is 6.92 Å². The Hall–Kier alpha value is -2.04. The van der Waals surface area contributed by atoms with Crippen LogP contribution in [-0.2, 0) is 6.42 Å². The zero-order chi connectivity index (χ0) is 13.0. The van der Waals surface area contributed by atoms with Crippen LogP contribution in [0.15, 0.2) is 18.5 Å². The molecular weight excluding hydrogens is 226 g/mol. The van der Waals surface area contributed by atoms with Crippen molar-refractivity contribution in [1.29, 1.82) is 0 Å². The van der Waals surface area contributed by atoms with Crippen molar-refractivity contribution in [3.8, 4) is 11.6 Å². The summed E-state index contributed by atoms with van der Waals surface area (Å²) >= 11 is 0. The number of rotatable bonds is 4. The van der Waals surface area contributed by atoms with Crippen LogP contribution in [0.1, 0.15) is 25.1 Å². The molecule has 1 N–H and O–H groups in total. The summed E-state index contributed by atoms with van der Waals surface area (Å²) in [5, 5.41) is 3.27. The van der Waals surface area contributed by atoms with Crippen molar-refractivity contribution in [3.63, 3.8) is 0 Å². The lowest BCUT2D eigenvalue weighted by Crippen LogP contribution is -2.08. The lowest BCUT2D eigenvalue weighted by atomic mass is 10.1. The minimum atomic E-state index is 0.558. The molecule has 5 heteroatoms. The molecule has 2 rings (SSSR count). The van der Waals surface area contributed by atoms with Crippen molar-refractivity contribution >= 4 is 5.82 Å². The number of aromatic nitrogens is 4. The van der Waals surface area contributed by atoms with Gasteiger partial charge in [-0.25, -0.2) is 19.9 Å². The number of anilines is 1. The summed E-state index contributed by atoms with van der Waals surface area (Å²) in [6.45, 7) is 6.98. The van der Waals surface area contributed by atoms with E-state index in [1.165, 1.54) is 0 Å². The summed E-state index contributed by atoms with van der Waals surface area (Å²) in [6, 6.07) is 1.78. The molecule has 18 heavy (non-hydrogen) atoms. The monoisotopic (exact) mass is 243 g/mol. The molecule has 0 aliphatic carbocycles. The lowest BCUT2D eigenvalue weighted by molar-refractivity contribution is 0.972. The first-order chi connectivity index (χ1) is 8.76. The third kappa shape index (κ3) is 2.45. The van der Waals surface area contributed by atoms with Gasteiger partial charge in [0, 0.05) is 30.2 Å². The highest BCUT2D eigenvalue weighted by molar-refractivity contribution is 5.54. The molecule has 0 unspecified atom stereocenters. The van der Waals surface area contributed by atoms with Crippen LogP contribution in [0.4, 0.5) is 5.82 Å². The molecule has 2 aromatic heterocycles. The van der Waals surface area contributed by atoms with Gasteiger partial charge in [-0.05, 0) is 26.3 Å². The summed E-state index contributed by atoms with van der Waals surface area (Å²) in [5.41, 5.74) is 2.13. The fourth-order valence-corrected chi connectivity index (χ4v) is 1.85. The second kappa shape index (κ2) is 5.53. The van der Waals surface area contributed by atoms with E-state index in [1.54, 1.807) is 18.5 Å². The van der Waals surface area contributed by atoms with Gasteiger partial charge in [-0.15, -0.1) is 0 Å². The maximum absolute atomic E-state index is 4.52. The van der Waals surface area contributed by atoms with Crippen LogP contribution in [0.25, 0.3) is 11.6 Å². The van der Waals surface area contributed by atoms with Gasteiger partial charge >= 0.3 is 0 Å². The summed E-state index contributed by atoms with van der Waals surface area (Å²) in [4.78, 5) is 17.4. The van der Waals surface area contributed by atoms with Crippen LogP contribution in [-0.4, -0.2) is 26.5 Å². The summed E-state index contributed by atoms with van der Waals surface area (Å²) in [5.74, 6) is 2.01. The van der Waals surface area contributed by atoms with E-state index in [0.29, 0.717) is 11.6 Å². The van der Waals surface area contributed by atoms with Gasteiger partial charge in [0.1, 0.15) is 5.82 Å². The maximum atomic E-state index is 4.52. The molecule has 5 nitrogen and oxygen atoms in total. The zero-order valence-electron chi connectivity index (χ0n) is 10.9. The molecule has 0 fully saturated rings. The van der Waals surface area contributed by atoms with E-state index in [0.717, 1.165) is 30.0 Å². The van der Waals surface area contributed by atoms with E-state index in [2.05, 4.69) is 39.1 Å². The van der Waals surface area contributed by atoms with Gasteiger partial charge < -0.3 is 5.32 Å². The van der Waals surface area contributed by atoms with Crippen molar-refractivity contribution in [2.45, 2.75) is 27.2 Å². The predicted molar refractivity (Wildman–Crippen MR) is 71.3 cm³/mol. The highest BCUT2D eigenvalue weighted by atomic mass is 15.1. The molecule has 0 saturated carbocycles. The molecule has 0 spiro atoms. The van der Waals surface area contributed by atoms with Crippen LogP contribution >= 0.6 is 0 Å². The molecule has 2 heterocycles. The Kier molecular flexibility index (Phi) is 3.82. The Morgan fingerprint density at radius 2 is 1.78 bits per heavy atom. The second-order valence-electron chi connectivity index (χ2n) is 3.92. The van der Waals surface area contributed by atoms with Gasteiger partial charge in [0.25, 0.3) is 0 Å². The largest absolute Gasteiger partial charge is 0.370 e. The highest BCUT2D eigenvalue weighted by Crippen LogP contribution is 2.20. The first-order valence-corrected chi connectivity index (χ1v) is 6.15. The minimum Gasteiger partial charge on any atom is -0.370 e. The molecule has 0 amide bonds. The van der Waals surface area contributed by atoms with Crippen molar-refractivity contribution in [2.24, 2.45) is 0 Å². The van der Waals surface area contributed by atoms with E-state index >= 15 is 0 Å². The Balaban J connectivity index is 2.51. The molecule has 0 atom stereocenters. The standard InChI is InChI=1S/C13H17N5/c1-4-10-9(3)17-13(18-11(10)14-5-2)12-15-7-6-8-16-12/h6-8H,4-5H2,1-3H3,(H,14,17,18). The summed E-state index contributed by atoms with van der Waals surface area (Å²) in [6.07, 6.45) is 4.30. The van der Waals surface area contributed by atoms with Crippen molar-refractivity contribution < 1.29 is 0 Å². The molecule has 0 aromatic carbocycles. The van der Waals surface area contributed by atoms with Gasteiger partial charge in [0.2, 0.25) is 0 Å². The SMILES string of the molecule is CCNc1nc(-c2ncccn2)nc(C)c1CC. The lowest BCUT2D eigenvalue weighted by Gasteiger charge is -2.12. The number of nitrogens with one attached hydrogen (secondary N) is 1. The van der Waals surface area contributed by atoms with Crippen molar-refractivity contribution in [2.75, 3.05) is 11.9 Å². The summed E-state index contributed by atoms with van der Waals surface area (Å²) < 4.78 is 0. The predicted octanol–water partition coefficient (Wildman–Crippen LogP) is 2.24. The number of aryl methyl sites for hydroxylation is 1. The van der Waals surface area contributed by atoms with Gasteiger partial charge in [-0.2, -0.15) is 0 Å². The highest BCUT2D eigenvalue weighted by Gasteiger charge is 2.12. The third-order valence-corrected chi connectivity index (χ3v) is 2.68. The van der Waals surface area contributed by atoms with Crippen LogP contribution in [0.5, 0.6) is 0 Å². The van der Waals surface area contributed by atoms with E-state index in [-0.39, 0.29) is 0 Å². The average molecular weight is 243 g/mol. The fourth-order valence-electron chi connectivity index (χ4n) is 1.85. The number of hydrogen-bond acceptors (Lipinski definition) is 5. The fraction of sp³-hybridized carbons (Fsp3) is 0.385. The summed E-state index contributed by atoms with van der Waals surface area (Å²) in [7, 11) is 0. The molecule has 0 saturated heterocycles. The third-order valence-electron chi connectivity index (χ3n) is 2.68. The van der Waals surface area contributed by atoms with Crippen LogP contribution in [0.3, 0.4) is 0 Å². The number of nitrogens with zero attached hydrogens (tertiary/aromatic N) is 4. The van der Waals surface area contributed by atoms with E-state index < -0.39 is 0 Å². The molecule has 2 aromatic rings. The molecule has 0 radical (unpaired) electrons.